The van der Waals surface area contributed by atoms with E-state index in [0.29, 0.717) is 0 Å². The molecule has 0 radical (unpaired) electrons. The lowest BCUT2D eigenvalue weighted by Gasteiger charge is -2.34. The third-order valence-electron chi connectivity index (χ3n) is 10.1. The Labute approximate surface area is 273 Å². The van der Waals surface area contributed by atoms with Crippen LogP contribution in [-0.4, -0.2) is 0 Å². The van der Waals surface area contributed by atoms with Crippen molar-refractivity contribution in [1.29, 1.82) is 0 Å². The molecule has 1 aliphatic heterocycles. The summed E-state index contributed by atoms with van der Waals surface area (Å²) in [6.45, 7) is 0. The van der Waals surface area contributed by atoms with Crippen LogP contribution in [0, 0.1) is 0 Å². The zero-order chi connectivity index (χ0) is 30.2. The zero-order valence-electron chi connectivity index (χ0n) is 25.1. The Balaban J connectivity index is 1.21. The highest BCUT2D eigenvalue weighted by Gasteiger charge is 2.46. The SMILES string of the molecule is c1ccc(C2(c3ccc(-c4ccc5cccc6c5c4Sc4ccccc4-6)cc3)c3ccccc3-c3cc4ccccc4cc32)cc1. The first-order chi connectivity index (χ1) is 22.8. The minimum Gasteiger partial charge on any atom is -0.0881 e. The number of hydrogen-bond donors (Lipinski definition) is 0. The standard InChI is InChI=1S/C45H28S/c1-2-14-33(15-3-1)45(40-19-8-6-16-36(40)39-27-31-11-4-5-12-32(31)28-41(39)45)34-24-21-29(22-25-34)35-26-23-30-13-10-18-38-37-17-7-9-20-42(37)46-44(35)43(30)38/h1-28H. The van der Waals surface area contributed by atoms with Crippen LogP contribution in [0.25, 0.3) is 54.9 Å². The van der Waals surface area contributed by atoms with E-state index in [0.717, 1.165) is 0 Å². The number of hydrogen-bond acceptors (Lipinski definition) is 1. The summed E-state index contributed by atoms with van der Waals surface area (Å²) in [7, 11) is 0. The van der Waals surface area contributed by atoms with E-state index in [4.69, 9.17) is 0 Å². The molecule has 214 valence electrons. The molecule has 10 rings (SSSR count). The summed E-state index contributed by atoms with van der Waals surface area (Å²) in [5.41, 5.74) is 12.7. The summed E-state index contributed by atoms with van der Waals surface area (Å²) in [4.78, 5) is 2.67. The molecule has 0 N–H and O–H groups in total. The summed E-state index contributed by atoms with van der Waals surface area (Å²) >= 11 is 1.90. The quantitative estimate of drug-likeness (QED) is 0.194. The molecule has 1 aliphatic carbocycles. The maximum Gasteiger partial charge on any atom is 0.0713 e. The summed E-state index contributed by atoms with van der Waals surface area (Å²) in [5, 5.41) is 5.21. The molecule has 0 saturated heterocycles. The first-order valence-electron chi connectivity index (χ1n) is 15.9. The molecule has 0 bridgehead atoms. The molecule has 1 atom stereocenters. The fourth-order valence-corrected chi connectivity index (χ4v) is 9.41. The Hall–Kier alpha value is -5.37. The van der Waals surface area contributed by atoms with Crippen LogP contribution in [0.3, 0.4) is 0 Å². The van der Waals surface area contributed by atoms with Gasteiger partial charge >= 0.3 is 0 Å². The number of rotatable bonds is 3. The van der Waals surface area contributed by atoms with Gasteiger partial charge in [-0.3, -0.25) is 0 Å². The molecule has 0 amide bonds. The molecular weight excluding hydrogens is 573 g/mol. The van der Waals surface area contributed by atoms with Crippen molar-refractivity contribution in [1.82, 2.24) is 0 Å². The van der Waals surface area contributed by atoms with E-state index < -0.39 is 5.41 Å². The molecule has 1 heteroatoms. The molecule has 2 aliphatic rings. The van der Waals surface area contributed by atoms with Crippen LogP contribution in [0.4, 0.5) is 0 Å². The molecular formula is C45H28S. The summed E-state index contributed by atoms with van der Waals surface area (Å²) in [5.74, 6) is 0. The van der Waals surface area contributed by atoms with Gasteiger partial charge in [0.15, 0.2) is 0 Å². The average molecular weight is 601 g/mol. The molecule has 0 nitrogen and oxygen atoms in total. The van der Waals surface area contributed by atoms with Gasteiger partial charge in [0.1, 0.15) is 0 Å². The van der Waals surface area contributed by atoms with Crippen molar-refractivity contribution in [2.45, 2.75) is 15.2 Å². The largest absolute Gasteiger partial charge is 0.0881 e. The Morgan fingerprint density at radius 1 is 0.370 bits per heavy atom. The lowest BCUT2D eigenvalue weighted by molar-refractivity contribution is 0.769. The highest BCUT2D eigenvalue weighted by atomic mass is 32.2. The Bertz CT molecular complexity index is 2490. The van der Waals surface area contributed by atoms with E-state index in [9.17, 15) is 0 Å². The lowest BCUT2D eigenvalue weighted by atomic mass is 9.67. The van der Waals surface area contributed by atoms with Gasteiger partial charge in [0.25, 0.3) is 0 Å². The van der Waals surface area contributed by atoms with Gasteiger partial charge in [0, 0.05) is 15.2 Å². The van der Waals surface area contributed by atoms with Gasteiger partial charge in [-0.15, -0.1) is 0 Å². The molecule has 1 unspecified atom stereocenters. The van der Waals surface area contributed by atoms with E-state index in [1.54, 1.807) is 0 Å². The number of fused-ring (bicyclic) bond motifs is 6. The molecule has 0 spiro atoms. The predicted molar refractivity (Wildman–Crippen MR) is 194 cm³/mol. The summed E-state index contributed by atoms with van der Waals surface area (Å²) in [6, 6.07) is 63.3. The van der Waals surface area contributed by atoms with Crippen molar-refractivity contribution in [2.24, 2.45) is 0 Å². The summed E-state index contributed by atoms with van der Waals surface area (Å²) in [6.07, 6.45) is 0. The predicted octanol–water partition coefficient (Wildman–Crippen LogP) is 12.2. The Morgan fingerprint density at radius 2 is 1.02 bits per heavy atom. The van der Waals surface area contributed by atoms with E-state index in [2.05, 4.69) is 170 Å². The van der Waals surface area contributed by atoms with Gasteiger partial charge in [-0.1, -0.05) is 163 Å². The fourth-order valence-electron chi connectivity index (χ4n) is 8.13. The van der Waals surface area contributed by atoms with Gasteiger partial charge in [-0.2, -0.15) is 0 Å². The normalized spacial score (nSPS) is 15.8. The van der Waals surface area contributed by atoms with Crippen LogP contribution in [0.2, 0.25) is 0 Å². The Morgan fingerprint density at radius 3 is 1.87 bits per heavy atom. The first-order valence-corrected chi connectivity index (χ1v) is 16.7. The highest BCUT2D eigenvalue weighted by Crippen LogP contribution is 2.57. The van der Waals surface area contributed by atoms with Crippen molar-refractivity contribution in [2.75, 3.05) is 0 Å². The minimum absolute atomic E-state index is 0.422. The average Bonchev–Trinajstić information content (AvgIpc) is 3.41. The topological polar surface area (TPSA) is 0 Å². The molecule has 0 fully saturated rings. The third-order valence-corrected chi connectivity index (χ3v) is 11.3. The smallest absolute Gasteiger partial charge is 0.0713 e. The monoisotopic (exact) mass is 600 g/mol. The third kappa shape index (κ3) is 3.52. The zero-order valence-corrected chi connectivity index (χ0v) is 25.9. The van der Waals surface area contributed by atoms with Gasteiger partial charge in [0.2, 0.25) is 0 Å². The summed E-state index contributed by atoms with van der Waals surface area (Å²) < 4.78 is 0. The van der Waals surface area contributed by atoms with Crippen LogP contribution in [0.5, 0.6) is 0 Å². The minimum atomic E-state index is -0.422. The van der Waals surface area contributed by atoms with Crippen LogP contribution in [0.15, 0.2) is 180 Å². The van der Waals surface area contributed by atoms with E-state index in [-0.39, 0.29) is 0 Å². The first kappa shape index (κ1) is 25.9. The number of benzene rings is 8. The second-order valence-corrected chi connectivity index (χ2v) is 13.5. The van der Waals surface area contributed by atoms with Gasteiger partial charge in [-0.25, -0.2) is 0 Å². The van der Waals surface area contributed by atoms with Crippen molar-refractivity contribution >= 4 is 33.3 Å². The molecule has 1 heterocycles. The van der Waals surface area contributed by atoms with Crippen molar-refractivity contribution in [3.05, 3.63) is 192 Å². The van der Waals surface area contributed by atoms with E-state index >= 15 is 0 Å². The van der Waals surface area contributed by atoms with Gasteiger partial charge in [0.05, 0.1) is 5.41 Å². The second-order valence-electron chi connectivity index (χ2n) is 12.4. The van der Waals surface area contributed by atoms with Crippen LogP contribution < -0.4 is 0 Å². The highest BCUT2D eigenvalue weighted by molar-refractivity contribution is 8.00. The van der Waals surface area contributed by atoms with Gasteiger partial charge < -0.3 is 0 Å². The molecule has 0 aromatic heterocycles. The maximum atomic E-state index is 2.44. The van der Waals surface area contributed by atoms with Gasteiger partial charge in [-0.05, 0) is 90.0 Å². The van der Waals surface area contributed by atoms with Crippen LogP contribution in [0.1, 0.15) is 22.3 Å². The second kappa shape index (κ2) is 9.81. The van der Waals surface area contributed by atoms with Crippen molar-refractivity contribution < 1.29 is 0 Å². The van der Waals surface area contributed by atoms with Crippen molar-refractivity contribution in [3.8, 4) is 33.4 Å². The molecule has 0 saturated carbocycles. The molecule has 8 aromatic rings. The van der Waals surface area contributed by atoms with Crippen LogP contribution >= 0.6 is 11.8 Å². The lowest BCUT2D eigenvalue weighted by Crippen LogP contribution is -2.28. The molecule has 46 heavy (non-hydrogen) atoms. The van der Waals surface area contributed by atoms with Crippen LogP contribution in [-0.2, 0) is 5.41 Å². The van der Waals surface area contributed by atoms with Crippen molar-refractivity contribution in [3.63, 3.8) is 0 Å². The molecule has 8 aromatic carbocycles. The maximum absolute atomic E-state index is 2.44. The fraction of sp³-hybridized carbons (Fsp3) is 0.0222. The Kier molecular flexibility index (Phi) is 5.53. The van der Waals surface area contributed by atoms with E-state index in [1.165, 1.54) is 87.0 Å². The van der Waals surface area contributed by atoms with E-state index in [1.807, 2.05) is 11.8 Å².